The minimum atomic E-state index is -1.55. The highest BCUT2D eigenvalue weighted by Gasteiger charge is 2.29. The van der Waals surface area contributed by atoms with Crippen LogP contribution in [-0.2, 0) is 0 Å². The third-order valence-electron chi connectivity index (χ3n) is 1.88. The Kier molecular flexibility index (Phi) is 9.07. The second kappa shape index (κ2) is 7.94. The Morgan fingerprint density at radius 2 is 1.33 bits per heavy atom. The summed E-state index contributed by atoms with van der Waals surface area (Å²) in [6.45, 7) is -0.497. The number of hydrogen-bond acceptors (Lipinski definition) is 6. The SMILES string of the molecule is CN(C)C[C@H](O)[C@@H](O)[C@H](O)[C@H](O)CO.O. The van der Waals surface area contributed by atoms with Gasteiger partial charge in [0.2, 0.25) is 0 Å². The van der Waals surface area contributed by atoms with Crippen molar-refractivity contribution in [3.8, 4) is 0 Å². The molecule has 7 heteroatoms. The fourth-order valence-electron chi connectivity index (χ4n) is 1.05. The smallest absolute Gasteiger partial charge is 0.111 e. The highest BCUT2D eigenvalue weighted by Crippen LogP contribution is 2.05. The Labute approximate surface area is 88.5 Å². The third-order valence-corrected chi connectivity index (χ3v) is 1.88. The van der Waals surface area contributed by atoms with E-state index in [9.17, 15) is 15.3 Å². The fourth-order valence-corrected chi connectivity index (χ4v) is 1.05. The molecule has 0 saturated heterocycles. The second-order valence-electron chi connectivity index (χ2n) is 3.56. The van der Waals surface area contributed by atoms with E-state index in [1.165, 1.54) is 0 Å². The molecule has 0 unspecified atom stereocenters. The molecular formula is C8H21NO6. The molecule has 0 aliphatic heterocycles. The van der Waals surface area contributed by atoms with Crippen LogP contribution in [0.4, 0.5) is 0 Å². The van der Waals surface area contributed by atoms with Gasteiger partial charge in [-0.15, -0.1) is 0 Å². The Morgan fingerprint density at radius 3 is 1.67 bits per heavy atom. The number of rotatable bonds is 6. The van der Waals surface area contributed by atoms with Crippen molar-refractivity contribution in [3.63, 3.8) is 0 Å². The first-order valence-electron chi connectivity index (χ1n) is 4.38. The maximum absolute atomic E-state index is 9.36. The summed E-state index contributed by atoms with van der Waals surface area (Å²) in [7, 11) is 3.40. The van der Waals surface area contributed by atoms with E-state index in [0.717, 1.165) is 0 Å². The second-order valence-corrected chi connectivity index (χ2v) is 3.56. The molecule has 0 aromatic heterocycles. The van der Waals surface area contributed by atoms with Crippen LogP contribution in [0.5, 0.6) is 0 Å². The summed E-state index contributed by atoms with van der Waals surface area (Å²) in [4.78, 5) is 1.63. The van der Waals surface area contributed by atoms with Gasteiger partial charge in [0, 0.05) is 6.54 Å². The normalized spacial score (nSPS) is 19.2. The van der Waals surface area contributed by atoms with Crippen LogP contribution in [-0.4, -0.2) is 87.6 Å². The topological polar surface area (TPSA) is 136 Å². The van der Waals surface area contributed by atoms with Gasteiger partial charge < -0.3 is 35.9 Å². The summed E-state index contributed by atoms with van der Waals surface area (Å²) in [5, 5.41) is 45.4. The lowest BCUT2D eigenvalue weighted by atomic mass is 10.0. The molecule has 0 fully saturated rings. The predicted octanol–water partition coefficient (Wildman–Crippen LogP) is -3.84. The minimum absolute atomic E-state index is 0. The summed E-state index contributed by atoms with van der Waals surface area (Å²) in [6.07, 6.45) is -5.63. The number of aliphatic hydroxyl groups is 5. The fraction of sp³-hybridized carbons (Fsp3) is 1.00. The van der Waals surface area contributed by atoms with Gasteiger partial charge in [0.25, 0.3) is 0 Å². The first kappa shape index (κ1) is 17.1. The van der Waals surface area contributed by atoms with Gasteiger partial charge in [0.1, 0.15) is 18.3 Å². The van der Waals surface area contributed by atoms with E-state index in [1.807, 2.05) is 0 Å². The Balaban J connectivity index is 0. The first-order valence-corrected chi connectivity index (χ1v) is 4.38. The molecule has 0 heterocycles. The molecule has 7 nitrogen and oxygen atoms in total. The molecule has 0 bridgehead atoms. The lowest BCUT2D eigenvalue weighted by Gasteiger charge is -2.27. The van der Waals surface area contributed by atoms with Crippen molar-refractivity contribution in [1.82, 2.24) is 4.90 Å². The lowest BCUT2D eigenvalue weighted by Crippen LogP contribution is -2.48. The molecule has 4 atom stereocenters. The van der Waals surface area contributed by atoms with Crippen LogP contribution < -0.4 is 0 Å². The average Bonchev–Trinajstić information content (AvgIpc) is 2.13. The van der Waals surface area contributed by atoms with E-state index in [1.54, 1.807) is 19.0 Å². The highest BCUT2D eigenvalue weighted by atomic mass is 16.4. The van der Waals surface area contributed by atoms with Gasteiger partial charge in [-0.25, -0.2) is 0 Å². The molecule has 94 valence electrons. The molecule has 7 N–H and O–H groups in total. The summed E-state index contributed by atoms with van der Waals surface area (Å²) in [5.41, 5.74) is 0. The molecule has 0 aliphatic rings. The third kappa shape index (κ3) is 6.00. The molecule has 15 heavy (non-hydrogen) atoms. The van der Waals surface area contributed by atoms with E-state index in [4.69, 9.17) is 10.2 Å². The Morgan fingerprint density at radius 1 is 0.933 bits per heavy atom. The zero-order chi connectivity index (χ0) is 11.3. The Bertz CT molecular complexity index is 156. The number of nitrogens with zero attached hydrogens (tertiary/aromatic N) is 1. The van der Waals surface area contributed by atoms with Crippen LogP contribution in [0.2, 0.25) is 0 Å². The van der Waals surface area contributed by atoms with Gasteiger partial charge in [-0.2, -0.15) is 0 Å². The van der Waals surface area contributed by atoms with Crippen molar-refractivity contribution in [2.24, 2.45) is 0 Å². The van der Waals surface area contributed by atoms with Crippen LogP contribution in [0.25, 0.3) is 0 Å². The standard InChI is InChI=1S/C8H19NO5.H2O/c1-9(2)3-5(11)7(13)8(14)6(12)4-10;/h5-8,10-14H,3-4H2,1-2H3;1H2/t5-,6+,7+,8+;/m0./s1. The molecule has 0 amide bonds. The minimum Gasteiger partial charge on any atom is -0.412 e. The molecule has 0 rings (SSSR count). The predicted molar refractivity (Wildman–Crippen MR) is 53.3 cm³/mol. The van der Waals surface area contributed by atoms with E-state index in [0.29, 0.717) is 0 Å². The van der Waals surface area contributed by atoms with E-state index in [2.05, 4.69) is 0 Å². The lowest BCUT2D eigenvalue weighted by molar-refractivity contribution is -0.117. The van der Waals surface area contributed by atoms with Crippen molar-refractivity contribution < 1.29 is 31.0 Å². The van der Waals surface area contributed by atoms with Gasteiger partial charge in [-0.05, 0) is 14.1 Å². The maximum atomic E-state index is 9.36. The Hall–Kier alpha value is -0.280. The van der Waals surface area contributed by atoms with Crippen molar-refractivity contribution >= 4 is 0 Å². The van der Waals surface area contributed by atoms with Crippen molar-refractivity contribution in [1.29, 1.82) is 0 Å². The van der Waals surface area contributed by atoms with Crippen molar-refractivity contribution in [2.75, 3.05) is 27.2 Å². The number of hydrogen-bond donors (Lipinski definition) is 5. The summed E-state index contributed by atoms with van der Waals surface area (Å²) in [6, 6.07) is 0. The number of likely N-dealkylation sites (N-methyl/N-ethyl adjacent to an activating group) is 1. The summed E-state index contributed by atoms with van der Waals surface area (Å²) < 4.78 is 0. The highest BCUT2D eigenvalue weighted by molar-refractivity contribution is 4.81. The molecule has 0 aromatic carbocycles. The summed E-state index contributed by atoms with van der Waals surface area (Å²) >= 11 is 0. The van der Waals surface area contributed by atoms with Crippen LogP contribution in [0.1, 0.15) is 0 Å². The molecule has 0 aliphatic carbocycles. The molecule has 0 aromatic rings. The molecule has 0 saturated carbocycles. The number of aliphatic hydroxyl groups excluding tert-OH is 5. The van der Waals surface area contributed by atoms with E-state index < -0.39 is 31.0 Å². The molecule has 0 radical (unpaired) electrons. The monoisotopic (exact) mass is 227 g/mol. The zero-order valence-corrected chi connectivity index (χ0v) is 8.91. The van der Waals surface area contributed by atoms with Crippen LogP contribution >= 0.6 is 0 Å². The zero-order valence-electron chi connectivity index (χ0n) is 8.91. The van der Waals surface area contributed by atoms with Gasteiger partial charge >= 0.3 is 0 Å². The quantitative estimate of drug-likeness (QED) is 0.315. The largest absolute Gasteiger partial charge is 0.412 e. The van der Waals surface area contributed by atoms with Crippen LogP contribution in [0.3, 0.4) is 0 Å². The van der Waals surface area contributed by atoms with Crippen molar-refractivity contribution in [2.45, 2.75) is 24.4 Å². The molecule has 0 spiro atoms. The average molecular weight is 227 g/mol. The van der Waals surface area contributed by atoms with Gasteiger partial charge in [0.15, 0.2) is 0 Å². The van der Waals surface area contributed by atoms with E-state index >= 15 is 0 Å². The first-order chi connectivity index (χ1) is 6.40. The van der Waals surface area contributed by atoms with E-state index in [-0.39, 0.29) is 12.0 Å². The maximum Gasteiger partial charge on any atom is 0.111 e. The van der Waals surface area contributed by atoms with Gasteiger partial charge in [-0.3, -0.25) is 0 Å². The summed E-state index contributed by atoms with van der Waals surface area (Å²) in [5.74, 6) is 0. The van der Waals surface area contributed by atoms with Crippen LogP contribution in [0.15, 0.2) is 0 Å². The molecular weight excluding hydrogens is 206 g/mol. The van der Waals surface area contributed by atoms with Crippen LogP contribution in [0, 0.1) is 0 Å². The van der Waals surface area contributed by atoms with Crippen molar-refractivity contribution in [3.05, 3.63) is 0 Å². The van der Waals surface area contributed by atoms with Gasteiger partial charge in [-0.1, -0.05) is 0 Å². The van der Waals surface area contributed by atoms with Gasteiger partial charge in [0.05, 0.1) is 12.7 Å².